The summed E-state index contributed by atoms with van der Waals surface area (Å²) in [6, 6.07) is 14.4. The molecule has 0 aliphatic carbocycles. The largest absolute Gasteiger partial charge is 0.463 e. The van der Waals surface area contributed by atoms with E-state index < -0.39 is 12.4 Å². The Morgan fingerprint density at radius 3 is 2.42 bits per heavy atom. The molecule has 2 heterocycles. The van der Waals surface area contributed by atoms with Crippen LogP contribution in [-0.4, -0.2) is 54.0 Å². The van der Waals surface area contributed by atoms with Gasteiger partial charge in [-0.3, -0.25) is 4.79 Å². The summed E-state index contributed by atoms with van der Waals surface area (Å²) in [5.74, 6) is -0.340. The van der Waals surface area contributed by atoms with Crippen LogP contribution < -0.4 is 0 Å². The van der Waals surface area contributed by atoms with Crippen molar-refractivity contribution in [1.82, 2.24) is 0 Å². The molecular weight excluding hydrogens is 508 g/mol. The van der Waals surface area contributed by atoms with Crippen molar-refractivity contribution in [3.05, 3.63) is 48.0 Å². The zero-order valence-corrected chi connectivity index (χ0v) is 24.6. The van der Waals surface area contributed by atoms with Crippen molar-refractivity contribution < 1.29 is 33.6 Å². The molecular formula is C33H48O7. The maximum Gasteiger partial charge on any atom is 0.302 e. The molecule has 0 spiro atoms. The average Bonchev–Trinajstić information content (AvgIpc) is 2.92. The van der Waals surface area contributed by atoms with Crippen molar-refractivity contribution in [3.8, 4) is 0 Å². The molecule has 1 N–H and O–H groups in total. The monoisotopic (exact) mass is 556 g/mol. The molecule has 7 heteroatoms. The Morgan fingerprint density at radius 2 is 1.65 bits per heavy atom. The number of esters is 1. The van der Waals surface area contributed by atoms with Gasteiger partial charge in [-0.15, -0.1) is 0 Å². The summed E-state index contributed by atoms with van der Waals surface area (Å²) in [7, 11) is 0. The molecule has 8 unspecified atom stereocenters. The number of aliphatic hydroxyl groups is 1. The summed E-state index contributed by atoms with van der Waals surface area (Å²) < 4.78 is 31.1. The van der Waals surface area contributed by atoms with Crippen LogP contribution in [0.4, 0.5) is 0 Å². The molecule has 2 aromatic rings. The van der Waals surface area contributed by atoms with Gasteiger partial charge in [-0.2, -0.15) is 0 Å². The molecule has 4 rings (SSSR count). The number of carbonyl (C=O) groups excluding carboxylic acids is 1. The van der Waals surface area contributed by atoms with Gasteiger partial charge in [0.15, 0.2) is 12.6 Å². The highest BCUT2D eigenvalue weighted by atomic mass is 16.7. The molecule has 2 aliphatic heterocycles. The highest BCUT2D eigenvalue weighted by Crippen LogP contribution is 2.38. The molecule has 2 fully saturated rings. The molecule has 2 aliphatic rings. The van der Waals surface area contributed by atoms with Crippen LogP contribution in [0.3, 0.4) is 0 Å². The van der Waals surface area contributed by atoms with Gasteiger partial charge in [0, 0.05) is 38.2 Å². The van der Waals surface area contributed by atoms with Crippen molar-refractivity contribution in [2.24, 2.45) is 0 Å². The van der Waals surface area contributed by atoms with Gasteiger partial charge in [0.2, 0.25) is 0 Å². The maximum atomic E-state index is 11.3. The minimum Gasteiger partial charge on any atom is -0.463 e. The summed E-state index contributed by atoms with van der Waals surface area (Å²) in [4.78, 5) is 11.3. The van der Waals surface area contributed by atoms with E-state index in [1.165, 1.54) is 19.8 Å². The number of hydrogen-bond donors (Lipinski definition) is 1. The Balaban J connectivity index is 1.49. The Bertz CT molecular complexity index is 1050. The van der Waals surface area contributed by atoms with Gasteiger partial charge >= 0.3 is 5.97 Å². The summed E-state index contributed by atoms with van der Waals surface area (Å²) in [5, 5.41) is 13.1. The van der Waals surface area contributed by atoms with Crippen LogP contribution in [0.1, 0.15) is 104 Å². The second-order valence-corrected chi connectivity index (χ2v) is 11.5. The zero-order chi connectivity index (χ0) is 28.5. The van der Waals surface area contributed by atoms with Gasteiger partial charge < -0.3 is 28.8 Å². The van der Waals surface area contributed by atoms with E-state index in [1.807, 2.05) is 18.2 Å². The first kappa shape index (κ1) is 30.9. The average molecular weight is 557 g/mol. The topological polar surface area (TPSA) is 83.5 Å². The van der Waals surface area contributed by atoms with Crippen molar-refractivity contribution >= 4 is 16.7 Å². The molecule has 8 atom stereocenters. The number of benzene rings is 2. The third-order valence-electron chi connectivity index (χ3n) is 7.98. The number of unbranched alkanes of at least 4 members (excludes halogenated alkanes) is 2. The Hall–Kier alpha value is -2.03. The van der Waals surface area contributed by atoms with Crippen LogP contribution in [0.2, 0.25) is 0 Å². The van der Waals surface area contributed by atoms with Crippen LogP contribution in [0.15, 0.2) is 42.5 Å². The van der Waals surface area contributed by atoms with E-state index >= 15 is 0 Å². The van der Waals surface area contributed by atoms with E-state index in [4.69, 9.17) is 23.7 Å². The van der Waals surface area contributed by atoms with Gasteiger partial charge in [-0.1, -0.05) is 69.2 Å². The number of carbonyl (C=O) groups is 1. The van der Waals surface area contributed by atoms with Crippen molar-refractivity contribution in [1.29, 1.82) is 0 Å². The fraction of sp³-hybridized carbons (Fsp3) is 0.667. The van der Waals surface area contributed by atoms with E-state index in [0.29, 0.717) is 19.3 Å². The molecule has 40 heavy (non-hydrogen) atoms. The lowest BCUT2D eigenvalue weighted by molar-refractivity contribution is -0.277. The van der Waals surface area contributed by atoms with E-state index in [0.717, 1.165) is 48.4 Å². The van der Waals surface area contributed by atoms with Crippen LogP contribution in [0.25, 0.3) is 10.8 Å². The second-order valence-electron chi connectivity index (χ2n) is 11.5. The van der Waals surface area contributed by atoms with E-state index in [-0.39, 0.29) is 42.8 Å². The molecule has 0 saturated carbocycles. The first-order chi connectivity index (χ1) is 19.3. The molecule has 2 aromatic carbocycles. The first-order valence-electron chi connectivity index (χ1n) is 15.3. The van der Waals surface area contributed by atoms with Gasteiger partial charge in [-0.05, 0) is 43.4 Å². The fourth-order valence-corrected chi connectivity index (χ4v) is 6.08. The highest BCUT2D eigenvalue weighted by Gasteiger charge is 2.37. The predicted molar refractivity (Wildman–Crippen MR) is 155 cm³/mol. The second kappa shape index (κ2) is 15.3. The van der Waals surface area contributed by atoms with Gasteiger partial charge in [0.25, 0.3) is 0 Å². The summed E-state index contributed by atoms with van der Waals surface area (Å²) in [5.41, 5.74) is 0.993. The van der Waals surface area contributed by atoms with Crippen molar-refractivity contribution in [2.75, 3.05) is 0 Å². The van der Waals surface area contributed by atoms with Crippen LogP contribution in [-0.2, 0) is 28.5 Å². The first-order valence-corrected chi connectivity index (χ1v) is 15.3. The number of rotatable bonds is 13. The van der Waals surface area contributed by atoms with E-state index in [1.54, 1.807) is 6.92 Å². The quantitative estimate of drug-likeness (QED) is 0.210. The Morgan fingerprint density at radius 1 is 0.950 bits per heavy atom. The van der Waals surface area contributed by atoms with E-state index in [2.05, 4.69) is 38.1 Å². The van der Waals surface area contributed by atoms with Gasteiger partial charge in [0.05, 0.1) is 30.5 Å². The molecule has 7 nitrogen and oxygen atoms in total. The number of hydrogen-bond acceptors (Lipinski definition) is 7. The lowest BCUT2D eigenvalue weighted by Crippen LogP contribution is -2.42. The Kier molecular flexibility index (Phi) is 11.8. The maximum absolute atomic E-state index is 11.3. The molecule has 222 valence electrons. The Labute approximate surface area is 239 Å². The fourth-order valence-electron chi connectivity index (χ4n) is 6.08. The zero-order valence-electron chi connectivity index (χ0n) is 24.6. The summed E-state index contributed by atoms with van der Waals surface area (Å²) in [6.07, 6.45) is 6.66. The summed E-state index contributed by atoms with van der Waals surface area (Å²) >= 11 is 0. The van der Waals surface area contributed by atoms with Crippen LogP contribution >= 0.6 is 0 Å². The van der Waals surface area contributed by atoms with Gasteiger partial charge in [-0.25, -0.2) is 0 Å². The highest BCUT2D eigenvalue weighted by molar-refractivity contribution is 5.85. The SMILES string of the molecule is CCCCCC1OC(CC)CC(CC2CC(CC(O)CC(C)OC(C)=O)OC(c3cccc4ccccc34)O2)O1. The van der Waals surface area contributed by atoms with Crippen LogP contribution in [0.5, 0.6) is 0 Å². The number of ether oxygens (including phenoxy) is 5. The molecule has 0 radical (unpaired) electrons. The lowest BCUT2D eigenvalue weighted by Gasteiger charge is -2.41. The smallest absolute Gasteiger partial charge is 0.302 e. The van der Waals surface area contributed by atoms with Crippen molar-refractivity contribution in [2.45, 2.75) is 141 Å². The minimum absolute atomic E-state index is 0.0520. The predicted octanol–water partition coefficient (Wildman–Crippen LogP) is 6.99. The van der Waals surface area contributed by atoms with Crippen LogP contribution in [0, 0.1) is 0 Å². The van der Waals surface area contributed by atoms with Gasteiger partial charge in [0.1, 0.15) is 6.10 Å². The lowest BCUT2D eigenvalue weighted by atomic mass is 9.94. The molecule has 0 amide bonds. The number of fused-ring (bicyclic) bond motifs is 1. The third kappa shape index (κ3) is 8.98. The van der Waals surface area contributed by atoms with E-state index in [9.17, 15) is 9.90 Å². The minimum atomic E-state index is -0.655. The standard InChI is InChI=1S/C33H48O7/c1-5-7-8-16-32-37-26(6-2)19-28(38-32)21-29-20-27(18-25(35)17-22(3)36-23(4)34)39-33(40-29)31-15-11-13-24-12-9-10-14-30(24)31/h9-15,22,25-29,32-33,35H,5-8,16-21H2,1-4H3. The summed E-state index contributed by atoms with van der Waals surface area (Å²) in [6.45, 7) is 7.58. The normalized spacial score (nSPS) is 28.7. The number of aliphatic hydroxyl groups excluding tert-OH is 1. The molecule has 0 aromatic heterocycles. The van der Waals surface area contributed by atoms with Crippen molar-refractivity contribution in [3.63, 3.8) is 0 Å². The molecule has 2 saturated heterocycles. The third-order valence-corrected chi connectivity index (χ3v) is 7.98. The molecule has 0 bridgehead atoms.